The van der Waals surface area contributed by atoms with Crippen molar-refractivity contribution in [2.24, 2.45) is 0 Å². The number of benzene rings is 6. The van der Waals surface area contributed by atoms with Gasteiger partial charge in [-0.3, -0.25) is 0 Å². The van der Waals surface area contributed by atoms with Gasteiger partial charge in [0.05, 0.1) is 16.7 Å². The molecule has 8 aromatic rings. The standard InChI is InChI=1S/C43H32F2N4/c1-43(2,3)30-19-23-38-35(25-30)33-16-10-11-17-37(33)49(38)39-24-29(32-22-20-31(44)26-36(32)45)18-21-34(39)42-47-40(27-12-6-4-7-13-27)46-41(48-42)28-14-8-5-9-15-28/h4-26H,1-3H3. The second-order valence-electron chi connectivity index (χ2n) is 13.2. The van der Waals surface area contributed by atoms with Crippen molar-refractivity contribution in [3.05, 3.63) is 157 Å². The number of para-hydroxylation sites is 1. The number of fused-ring (bicyclic) bond motifs is 3. The fourth-order valence-electron chi connectivity index (χ4n) is 6.42. The van der Waals surface area contributed by atoms with Crippen molar-refractivity contribution >= 4 is 21.8 Å². The zero-order valence-electron chi connectivity index (χ0n) is 27.3. The van der Waals surface area contributed by atoms with Crippen LogP contribution in [0.15, 0.2) is 140 Å². The van der Waals surface area contributed by atoms with Gasteiger partial charge < -0.3 is 4.57 Å². The minimum atomic E-state index is -0.631. The van der Waals surface area contributed by atoms with Gasteiger partial charge in [0, 0.05) is 39.1 Å². The molecule has 0 N–H and O–H groups in total. The summed E-state index contributed by atoms with van der Waals surface area (Å²) in [4.78, 5) is 15.0. The second-order valence-corrected chi connectivity index (χ2v) is 13.2. The Bertz CT molecular complexity index is 2440. The summed E-state index contributed by atoms with van der Waals surface area (Å²) in [5.41, 5.74) is 7.30. The van der Waals surface area contributed by atoms with E-state index in [0.29, 0.717) is 28.6 Å². The summed E-state index contributed by atoms with van der Waals surface area (Å²) in [6.07, 6.45) is 0. The van der Waals surface area contributed by atoms with Crippen molar-refractivity contribution in [1.29, 1.82) is 0 Å². The largest absolute Gasteiger partial charge is 0.308 e. The van der Waals surface area contributed by atoms with Crippen molar-refractivity contribution in [1.82, 2.24) is 19.5 Å². The summed E-state index contributed by atoms with van der Waals surface area (Å²) in [7, 11) is 0. The maximum Gasteiger partial charge on any atom is 0.166 e. The molecule has 0 bridgehead atoms. The molecule has 6 aromatic carbocycles. The number of hydrogen-bond donors (Lipinski definition) is 0. The van der Waals surface area contributed by atoms with Crippen LogP contribution in [0.4, 0.5) is 8.78 Å². The lowest BCUT2D eigenvalue weighted by atomic mass is 9.86. The van der Waals surface area contributed by atoms with Crippen LogP contribution in [-0.2, 0) is 5.41 Å². The molecule has 0 spiro atoms. The van der Waals surface area contributed by atoms with Crippen molar-refractivity contribution in [3.63, 3.8) is 0 Å². The summed E-state index contributed by atoms with van der Waals surface area (Å²) in [5.74, 6) is 0.309. The predicted molar refractivity (Wildman–Crippen MR) is 195 cm³/mol. The van der Waals surface area contributed by atoms with Crippen LogP contribution in [0.1, 0.15) is 26.3 Å². The monoisotopic (exact) mass is 642 g/mol. The predicted octanol–water partition coefficient (Wildman–Crippen LogP) is 11.2. The van der Waals surface area contributed by atoms with Crippen LogP contribution in [0.25, 0.3) is 72.8 Å². The summed E-state index contributed by atoms with van der Waals surface area (Å²) in [6.45, 7) is 6.63. The van der Waals surface area contributed by atoms with E-state index in [0.717, 1.165) is 50.2 Å². The normalized spacial score (nSPS) is 11.8. The van der Waals surface area contributed by atoms with Gasteiger partial charge in [0.25, 0.3) is 0 Å². The molecule has 2 aromatic heterocycles. The van der Waals surface area contributed by atoms with Crippen molar-refractivity contribution in [2.45, 2.75) is 26.2 Å². The van der Waals surface area contributed by atoms with Crippen LogP contribution in [0.5, 0.6) is 0 Å². The van der Waals surface area contributed by atoms with E-state index >= 15 is 4.39 Å². The zero-order chi connectivity index (χ0) is 33.7. The van der Waals surface area contributed by atoms with Gasteiger partial charge in [-0.1, -0.05) is 112 Å². The molecule has 8 rings (SSSR count). The molecule has 0 saturated carbocycles. The van der Waals surface area contributed by atoms with Gasteiger partial charge in [0.1, 0.15) is 11.6 Å². The molecule has 2 heterocycles. The molecule has 0 saturated heterocycles. The fraction of sp³-hybridized carbons (Fsp3) is 0.0930. The Balaban J connectivity index is 1.46. The molecule has 0 fully saturated rings. The third kappa shape index (κ3) is 5.55. The highest BCUT2D eigenvalue weighted by Crippen LogP contribution is 2.40. The zero-order valence-corrected chi connectivity index (χ0v) is 27.3. The Morgan fingerprint density at radius 2 is 1.08 bits per heavy atom. The Hall–Kier alpha value is -6.01. The fourth-order valence-corrected chi connectivity index (χ4v) is 6.42. The highest BCUT2D eigenvalue weighted by Gasteiger charge is 2.22. The number of hydrogen-bond acceptors (Lipinski definition) is 3. The van der Waals surface area contributed by atoms with Crippen molar-refractivity contribution in [3.8, 4) is 51.0 Å². The lowest BCUT2D eigenvalue weighted by Crippen LogP contribution is -2.10. The maximum absolute atomic E-state index is 15.3. The van der Waals surface area contributed by atoms with Gasteiger partial charge in [0.2, 0.25) is 0 Å². The molecule has 0 aliphatic heterocycles. The van der Waals surface area contributed by atoms with Crippen molar-refractivity contribution < 1.29 is 8.78 Å². The van der Waals surface area contributed by atoms with Crippen LogP contribution in [0, 0.1) is 11.6 Å². The average Bonchev–Trinajstić information content (AvgIpc) is 3.45. The van der Waals surface area contributed by atoms with Crippen LogP contribution in [-0.4, -0.2) is 19.5 Å². The van der Waals surface area contributed by atoms with Crippen LogP contribution < -0.4 is 0 Å². The molecule has 0 aliphatic carbocycles. The number of halogens is 2. The van der Waals surface area contributed by atoms with E-state index in [4.69, 9.17) is 15.0 Å². The number of aromatic nitrogens is 4. The Kier molecular flexibility index (Phi) is 7.37. The third-order valence-electron chi connectivity index (χ3n) is 8.96. The summed E-state index contributed by atoms with van der Waals surface area (Å²) >= 11 is 0. The maximum atomic E-state index is 15.3. The lowest BCUT2D eigenvalue weighted by molar-refractivity contribution is 0.585. The van der Waals surface area contributed by atoms with E-state index in [1.54, 1.807) is 0 Å². The van der Waals surface area contributed by atoms with Gasteiger partial charge in [-0.05, 0) is 59.0 Å². The molecule has 0 atom stereocenters. The molecule has 6 heteroatoms. The topological polar surface area (TPSA) is 43.6 Å². The average molecular weight is 643 g/mol. The van der Waals surface area contributed by atoms with E-state index in [9.17, 15) is 4.39 Å². The molecule has 49 heavy (non-hydrogen) atoms. The first-order valence-electron chi connectivity index (χ1n) is 16.3. The van der Waals surface area contributed by atoms with Crippen LogP contribution in [0.2, 0.25) is 0 Å². The molecular formula is C43H32F2N4. The molecule has 4 nitrogen and oxygen atoms in total. The first-order chi connectivity index (χ1) is 23.7. The van der Waals surface area contributed by atoms with E-state index in [2.05, 4.69) is 55.7 Å². The molecular weight excluding hydrogens is 610 g/mol. The van der Waals surface area contributed by atoms with E-state index < -0.39 is 11.6 Å². The Labute approximate surface area is 283 Å². The first-order valence-corrected chi connectivity index (χ1v) is 16.3. The quantitative estimate of drug-likeness (QED) is 0.188. The molecule has 0 aliphatic rings. The van der Waals surface area contributed by atoms with Gasteiger partial charge >= 0.3 is 0 Å². The van der Waals surface area contributed by atoms with E-state index in [1.807, 2.05) is 91.0 Å². The van der Waals surface area contributed by atoms with E-state index in [-0.39, 0.29) is 5.41 Å². The summed E-state index contributed by atoms with van der Waals surface area (Å²) in [6, 6.07) is 44.0. The van der Waals surface area contributed by atoms with Gasteiger partial charge in [-0.15, -0.1) is 0 Å². The summed E-state index contributed by atoms with van der Waals surface area (Å²) < 4.78 is 31.5. The summed E-state index contributed by atoms with van der Waals surface area (Å²) in [5, 5.41) is 2.21. The van der Waals surface area contributed by atoms with Gasteiger partial charge in [-0.2, -0.15) is 0 Å². The highest BCUT2D eigenvalue weighted by atomic mass is 19.1. The Morgan fingerprint density at radius 1 is 0.490 bits per heavy atom. The smallest absolute Gasteiger partial charge is 0.166 e. The molecule has 0 unspecified atom stereocenters. The van der Waals surface area contributed by atoms with Crippen molar-refractivity contribution in [2.75, 3.05) is 0 Å². The lowest BCUT2D eigenvalue weighted by Gasteiger charge is -2.19. The minimum absolute atomic E-state index is 0.0465. The van der Waals surface area contributed by atoms with Crippen LogP contribution in [0.3, 0.4) is 0 Å². The first kappa shape index (κ1) is 30.3. The minimum Gasteiger partial charge on any atom is -0.308 e. The van der Waals surface area contributed by atoms with Gasteiger partial charge in [0.15, 0.2) is 17.5 Å². The molecule has 0 amide bonds. The van der Waals surface area contributed by atoms with Crippen LogP contribution >= 0.6 is 0 Å². The highest BCUT2D eigenvalue weighted by molar-refractivity contribution is 6.10. The third-order valence-corrected chi connectivity index (χ3v) is 8.96. The number of nitrogens with zero attached hydrogens (tertiary/aromatic N) is 4. The molecule has 0 radical (unpaired) electrons. The Morgan fingerprint density at radius 3 is 1.73 bits per heavy atom. The number of rotatable bonds is 5. The van der Waals surface area contributed by atoms with Gasteiger partial charge in [-0.25, -0.2) is 23.7 Å². The molecule has 238 valence electrons. The second kappa shape index (κ2) is 11.9. The SMILES string of the molecule is CC(C)(C)c1ccc2c(c1)c1ccccc1n2-c1cc(-c2ccc(F)cc2F)ccc1-c1nc(-c2ccccc2)nc(-c2ccccc2)n1. The van der Waals surface area contributed by atoms with E-state index in [1.165, 1.54) is 17.7 Å².